The van der Waals surface area contributed by atoms with Crippen LogP contribution in [0.15, 0.2) is 132 Å². The molecule has 242 valence electrons. The number of para-hydroxylation sites is 3. The summed E-state index contributed by atoms with van der Waals surface area (Å²) < 4.78 is 2.39. The number of aromatic nitrogens is 1. The Hall–Kier alpha value is -5.67. The molecule has 9 rings (SSSR count). The van der Waals surface area contributed by atoms with Gasteiger partial charge in [0.2, 0.25) is 0 Å². The third-order valence-corrected chi connectivity index (χ3v) is 9.67. The van der Waals surface area contributed by atoms with Gasteiger partial charge in [0.25, 0.3) is 0 Å². The smallest absolute Gasteiger partial charge is 0.0708 e. The molecule has 3 nitrogen and oxygen atoms in total. The number of nitrogens with one attached hydrogen (secondary N) is 1. The molecule has 3 heteroatoms. The summed E-state index contributed by atoms with van der Waals surface area (Å²) in [6, 6.07) is 45.8. The second-order valence-corrected chi connectivity index (χ2v) is 12.5. The Kier molecular flexibility index (Phi) is 8.52. The first-order chi connectivity index (χ1) is 24.1. The van der Waals surface area contributed by atoms with Crippen LogP contribution in [-0.4, -0.2) is 10.8 Å². The van der Waals surface area contributed by atoms with Gasteiger partial charge in [-0.1, -0.05) is 126 Å². The number of rotatable bonds is 3. The van der Waals surface area contributed by atoms with E-state index in [9.17, 15) is 0 Å². The van der Waals surface area contributed by atoms with Gasteiger partial charge in [-0.25, -0.2) is 0 Å². The molecule has 2 bridgehead atoms. The van der Waals surface area contributed by atoms with E-state index >= 15 is 0 Å². The maximum absolute atomic E-state index is 4.88. The van der Waals surface area contributed by atoms with E-state index in [1.165, 1.54) is 44.1 Å². The van der Waals surface area contributed by atoms with Crippen LogP contribution < -0.4 is 15.8 Å². The third kappa shape index (κ3) is 5.18. The average molecular weight is 638 g/mol. The predicted octanol–water partition coefficient (Wildman–Crippen LogP) is 11.2. The summed E-state index contributed by atoms with van der Waals surface area (Å²) in [5.74, 6) is 0. The summed E-state index contributed by atoms with van der Waals surface area (Å²) in [5.41, 5.74) is 13.2. The fourth-order valence-corrected chi connectivity index (χ4v) is 7.54. The lowest BCUT2D eigenvalue weighted by Gasteiger charge is -2.21. The molecule has 2 aliphatic rings. The molecule has 1 aliphatic carbocycles. The molecule has 0 radical (unpaired) electrons. The fraction of sp³-hybridized carbons (Fsp3) is 0.152. The number of hydrogen-bond donors (Lipinski definition) is 1. The van der Waals surface area contributed by atoms with Gasteiger partial charge in [-0.3, -0.25) is 4.99 Å². The zero-order chi connectivity index (χ0) is 34.1. The highest BCUT2D eigenvalue weighted by atomic mass is 15.0. The van der Waals surface area contributed by atoms with Crippen LogP contribution in [-0.2, 0) is 5.41 Å². The summed E-state index contributed by atoms with van der Waals surface area (Å²) in [5, 5.41) is 8.50. The maximum Gasteiger partial charge on any atom is 0.0708 e. The highest BCUT2D eigenvalue weighted by Gasteiger charge is 2.35. The average Bonchev–Trinajstić information content (AvgIpc) is 3.61. The van der Waals surface area contributed by atoms with Crippen LogP contribution in [0.1, 0.15) is 52.7 Å². The molecule has 1 aromatic heterocycles. The number of anilines is 1. The lowest BCUT2D eigenvalue weighted by atomic mass is 9.82. The van der Waals surface area contributed by atoms with Crippen molar-refractivity contribution in [3.63, 3.8) is 0 Å². The topological polar surface area (TPSA) is 29.3 Å². The summed E-state index contributed by atoms with van der Waals surface area (Å²) >= 11 is 0. The molecule has 0 unspecified atom stereocenters. The molecule has 6 aromatic carbocycles. The molecule has 2 heterocycles. The van der Waals surface area contributed by atoms with Gasteiger partial charge in [-0.05, 0) is 81.6 Å². The second-order valence-electron chi connectivity index (χ2n) is 12.5. The number of hydrogen-bond acceptors (Lipinski definition) is 2. The Bertz CT molecular complexity index is 2480. The van der Waals surface area contributed by atoms with E-state index in [4.69, 9.17) is 4.99 Å². The molecule has 49 heavy (non-hydrogen) atoms. The Labute approximate surface area is 289 Å². The highest BCUT2D eigenvalue weighted by molar-refractivity contribution is 6.13. The molecular formula is C46H43N3. The molecule has 7 aromatic rings. The predicted molar refractivity (Wildman–Crippen MR) is 213 cm³/mol. The molecule has 0 saturated heterocycles. The minimum Gasteiger partial charge on any atom is -0.361 e. The molecule has 0 saturated carbocycles. The summed E-state index contributed by atoms with van der Waals surface area (Å²) in [7, 11) is 0. The normalized spacial score (nSPS) is 13.5. The largest absolute Gasteiger partial charge is 0.361 e. The van der Waals surface area contributed by atoms with E-state index in [2.05, 4.69) is 163 Å². The molecule has 1 aliphatic heterocycles. The highest BCUT2D eigenvalue weighted by Crippen LogP contribution is 2.49. The monoisotopic (exact) mass is 637 g/mol. The Morgan fingerprint density at radius 3 is 2.10 bits per heavy atom. The van der Waals surface area contributed by atoms with Crippen molar-refractivity contribution in [2.75, 3.05) is 5.32 Å². The van der Waals surface area contributed by atoms with E-state index in [1.807, 2.05) is 33.9 Å². The summed E-state index contributed by atoms with van der Waals surface area (Å²) in [4.78, 5) is 4.88. The molecular weight excluding hydrogens is 595 g/mol. The lowest BCUT2D eigenvalue weighted by molar-refractivity contribution is 0.660. The SMILES string of the molecule is CC.CC.CC1(C)c2ccccc2-c2ccc(N/C=c3\c4cc5c(c3=CC=Nc3ccccc3-4)c3ccccc3n5-c3ccccc3)cc21. The summed E-state index contributed by atoms with van der Waals surface area (Å²) in [6.45, 7) is 12.7. The number of nitrogens with zero attached hydrogens (tertiary/aromatic N) is 2. The number of aliphatic imine (C=N–C) groups is 1. The van der Waals surface area contributed by atoms with Gasteiger partial charge < -0.3 is 9.88 Å². The number of fused-ring (bicyclic) bond motifs is 11. The van der Waals surface area contributed by atoms with Gasteiger partial charge in [-0.2, -0.15) is 0 Å². The van der Waals surface area contributed by atoms with Crippen molar-refractivity contribution in [2.24, 2.45) is 4.99 Å². The van der Waals surface area contributed by atoms with Gasteiger partial charge in [0.15, 0.2) is 0 Å². The Morgan fingerprint density at radius 1 is 0.612 bits per heavy atom. The zero-order valence-corrected chi connectivity index (χ0v) is 29.3. The van der Waals surface area contributed by atoms with Crippen molar-refractivity contribution < 1.29 is 0 Å². The second kappa shape index (κ2) is 13.1. The quantitative estimate of drug-likeness (QED) is 0.205. The van der Waals surface area contributed by atoms with E-state index in [-0.39, 0.29) is 5.41 Å². The minimum absolute atomic E-state index is 0.0534. The lowest BCUT2D eigenvalue weighted by Crippen LogP contribution is -2.30. The van der Waals surface area contributed by atoms with Gasteiger partial charge >= 0.3 is 0 Å². The zero-order valence-electron chi connectivity index (χ0n) is 29.3. The van der Waals surface area contributed by atoms with Crippen LogP contribution in [0.3, 0.4) is 0 Å². The minimum atomic E-state index is -0.0534. The first-order valence-electron chi connectivity index (χ1n) is 17.6. The molecule has 0 fully saturated rings. The van der Waals surface area contributed by atoms with Crippen LogP contribution in [0, 0.1) is 0 Å². The van der Waals surface area contributed by atoms with Crippen LogP contribution in [0.25, 0.3) is 62.0 Å². The van der Waals surface area contributed by atoms with Crippen molar-refractivity contribution in [1.82, 2.24) is 4.57 Å². The Balaban J connectivity index is 0.000000914. The first kappa shape index (κ1) is 31.9. The van der Waals surface area contributed by atoms with Crippen LogP contribution in [0.2, 0.25) is 0 Å². The van der Waals surface area contributed by atoms with Gasteiger partial charge in [-0.15, -0.1) is 0 Å². The van der Waals surface area contributed by atoms with Crippen molar-refractivity contribution in [3.8, 4) is 27.9 Å². The van der Waals surface area contributed by atoms with E-state index in [0.29, 0.717) is 0 Å². The van der Waals surface area contributed by atoms with Gasteiger partial charge in [0.1, 0.15) is 0 Å². The summed E-state index contributed by atoms with van der Waals surface area (Å²) in [6.07, 6.45) is 6.33. The standard InChI is InChI=1S/C42H31N3.2C2H6/c1-42(2)36-17-9-6-14-29(36)30-21-20-27(24-37(30)42)44-26-35-32-22-23-43-38-18-10-7-15-31(38)34(35)25-40-41(32)33-16-8-11-19-39(33)45(40)28-12-4-3-5-13-28;2*1-2/h3-26,44H,1-2H3;2*1-2H3/b23-22?,32-22?,34-31?,35-26-,43-23?,43-38?;;. The molecule has 0 amide bonds. The molecule has 1 N–H and O–H groups in total. The third-order valence-electron chi connectivity index (χ3n) is 9.67. The first-order valence-corrected chi connectivity index (χ1v) is 17.6. The van der Waals surface area contributed by atoms with Gasteiger partial charge in [0, 0.05) is 50.8 Å². The van der Waals surface area contributed by atoms with E-state index in [0.717, 1.165) is 38.6 Å². The van der Waals surface area contributed by atoms with Crippen molar-refractivity contribution >= 4 is 51.7 Å². The van der Waals surface area contributed by atoms with Gasteiger partial charge in [0.05, 0.1) is 16.7 Å². The van der Waals surface area contributed by atoms with Crippen molar-refractivity contribution in [1.29, 1.82) is 0 Å². The molecule has 0 atom stereocenters. The van der Waals surface area contributed by atoms with E-state index in [1.54, 1.807) is 0 Å². The van der Waals surface area contributed by atoms with Crippen molar-refractivity contribution in [3.05, 3.63) is 149 Å². The maximum atomic E-state index is 4.88. The van der Waals surface area contributed by atoms with E-state index < -0.39 is 0 Å². The Morgan fingerprint density at radius 2 is 1.29 bits per heavy atom. The van der Waals surface area contributed by atoms with Crippen LogP contribution >= 0.6 is 0 Å². The van der Waals surface area contributed by atoms with Crippen LogP contribution in [0.5, 0.6) is 0 Å². The van der Waals surface area contributed by atoms with Crippen LogP contribution in [0.4, 0.5) is 11.4 Å². The van der Waals surface area contributed by atoms with Crippen molar-refractivity contribution in [2.45, 2.75) is 47.0 Å². The number of benzene rings is 6. The molecule has 0 spiro atoms. The fourth-order valence-electron chi connectivity index (χ4n) is 7.54.